The van der Waals surface area contributed by atoms with Crippen molar-refractivity contribution in [1.29, 1.82) is 5.26 Å². The first kappa shape index (κ1) is 16.3. The molecular formula is C19H19N3O. The molecular weight excluding hydrogens is 286 g/mol. The highest BCUT2D eigenvalue weighted by Gasteiger charge is 2.09. The number of nitrogens with one attached hydrogen (secondary N) is 2. The Bertz CT molecular complexity index is 801. The fourth-order valence-electron chi connectivity index (χ4n) is 2.20. The quantitative estimate of drug-likeness (QED) is 0.661. The summed E-state index contributed by atoms with van der Waals surface area (Å²) in [5.74, 6) is -0.435. The Morgan fingerprint density at radius 2 is 1.83 bits per heavy atom. The van der Waals surface area contributed by atoms with Crippen LogP contribution in [0.4, 0.5) is 11.4 Å². The molecule has 0 saturated carbocycles. The highest BCUT2D eigenvalue weighted by Crippen LogP contribution is 2.17. The van der Waals surface area contributed by atoms with Crippen LogP contribution < -0.4 is 10.6 Å². The number of rotatable bonds is 4. The van der Waals surface area contributed by atoms with E-state index in [1.54, 1.807) is 6.07 Å². The van der Waals surface area contributed by atoms with Gasteiger partial charge in [0.15, 0.2) is 0 Å². The molecule has 0 saturated heterocycles. The number of aryl methyl sites for hydroxylation is 3. The molecule has 4 heteroatoms. The van der Waals surface area contributed by atoms with E-state index in [-0.39, 0.29) is 5.57 Å². The molecule has 0 bridgehead atoms. The summed E-state index contributed by atoms with van der Waals surface area (Å²) in [5, 5.41) is 14.9. The zero-order chi connectivity index (χ0) is 16.8. The Labute approximate surface area is 136 Å². The molecule has 1 amide bonds. The van der Waals surface area contributed by atoms with E-state index in [9.17, 15) is 10.1 Å². The predicted octanol–water partition coefficient (Wildman–Crippen LogP) is 4.07. The average Bonchev–Trinajstić information content (AvgIpc) is 2.49. The maximum atomic E-state index is 12.2. The van der Waals surface area contributed by atoms with Crippen LogP contribution in [-0.4, -0.2) is 5.91 Å². The van der Waals surface area contributed by atoms with Gasteiger partial charge in [0.1, 0.15) is 11.6 Å². The second kappa shape index (κ2) is 7.28. The van der Waals surface area contributed by atoms with Crippen molar-refractivity contribution in [2.45, 2.75) is 20.8 Å². The summed E-state index contributed by atoms with van der Waals surface area (Å²) in [5.41, 5.74) is 4.81. The summed E-state index contributed by atoms with van der Waals surface area (Å²) in [6.07, 6.45) is 1.43. The normalized spacial score (nSPS) is 10.8. The van der Waals surface area contributed by atoms with E-state index in [0.717, 1.165) is 22.4 Å². The number of hydrogen-bond donors (Lipinski definition) is 2. The molecule has 0 unspecified atom stereocenters. The van der Waals surface area contributed by atoms with Crippen LogP contribution in [0.15, 0.2) is 54.2 Å². The highest BCUT2D eigenvalue weighted by atomic mass is 16.1. The summed E-state index contributed by atoms with van der Waals surface area (Å²) < 4.78 is 0. The second-order valence-electron chi connectivity index (χ2n) is 5.46. The minimum atomic E-state index is -0.435. The summed E-state index contributed by atoms with van der Waals surface area (Å²) >= 11 is 0. The molecule has 0 aromatic heterocycles. The van der Waals surface area contributed by atoms with Crippen molar-refractivity contribution in [3.63, 3.8) is 0 Å². The SMILES string of the molecule is Cc1cccc(NC(=O)/C(C#N)=C\Nc2ccc(C)cc2C)c1. The number of anilines is 2. The van der Waals surface area contributed by atoms with Crippen LogP contribution in [0.5, 0.6) is 0 Å². The number of hydrogen-bond acceptors (Lipinski definition) is 3. The van der Waals surface area contributed by atoms with Crippen LogP contribution in [-0.2, 0) is 4.79 Å². The molecule has 0 radical (unpaired) electrons. The first-order valence-corrected chi connectivity index (χ1v) is 7.31. The van der Waals surface area contributed by atoms with Crippen molar-refractivity contribution in [2.75, 3.05) is 10.6 Å². The fraction of sp³-hybridized carbons (Fsp3) is 0.158. The van der Waals surface area contributed by atoms with Crippen molar-refractivity contribution in [3.8, 4) is 6.07 Å². The summed E-state index contributed by atoms with van der Waals surface area (Å²) in [7, 11) is 0. The molecule has 116 valence electrons. The van der Waals surface area contributed by atoms with Gasteiger partial charge >= 0.3 is 0 Å². The molecule has 0 aliphatic heterocycles. The Kier molecular flexibility index (Phi) is 5.16. The monoisotopic (exact) mass is 305 g/mol. The Balaban J connectivity index is 2.12. The lowest BCUT2D eigenvalue weighted by Crippen LogP contribution is -2.14. The number of carbonyl (C=O) groups is 1. The van der Waals surface area contributed by atoms with Crippen LogP contribution >= 0.6 is 0 Å². The molecule has 0 fully saturated rings. The van der Waals surface area contributed by atoms with Gasteiger partial charge in [0.25, 0.3) is 5.91 Å². The molecule has 0 aliphatic rings. The minimum absolute atomic E-state index is 0.0199. The number of nitriles is 1. The largest absolute Gasteiger partial charge is 0.360 e. The van der Waals surface area contributed by atoms with Gasteiger partial charge in [-0.05, 0) is 50.1 Å². The molecule has 23 heavy (non-hydrogen) atoms. The first-order chi connectivity index (χ1) is 11.0. The summed E-state index contributed by atoms with van der Waals surface area (Å²) in [6.45, 7) is 5.93. The van der Waals surface area contributed by atoms with Crippen molar-refractivity contribution in [3.05, 3.63) is 70.9 Å². The molecule has 0 aliphatic carbocycles. The minimum Gasteiger partial charge on any atom is -0.360 e. The molecule has 0 atom stereocenters. The van der Waals surface area contributed by atoms with Crippen LogP contribution in [0.25, 0.3) is 0 Å². The van der Waals surface area contributed by atoms with Crippen LogP contribution in [0, 0.1) is 32.1 Å². The van der Waals surface area contributed by atoms with Crippen LogP contribution in [0.2, 0.25) is 0 Å². The first-order valence-electron chi connectivity index (χ1n) is 7.31. The molecule has 2 N–H and O–H groups in total. The van der Waals surface area contributed by atoms with Gasteiger partial charge in [-0.25, -0.2) is 0 Å². The van der Waals surface area contributed by atoms with E-state index < -0.39 is 5.91 Å². The third-order valence-electron chi connectivity index (χ3n) is 3.39. The Hall–Kier alpha value is -3.06. The van der Waals surface area contributed by atoms with E-state index in [1.807, 2.05) is 63.2 Å². The van der Waals surface area contributed by atoms with Gasteiger partial charge in [-0.3, -0.25) is 4.79 Å². The maximum Gasteiger partial charge on any atom is 0.267 e. The number of carbonyl (C=O) groups excluding carboxylic acids is 1. The van der Waals surface area contributed by atoms with Gasteiger partial charge in [-0.15, -0.1) is 0 Å². The van der Waals surface area contributed by atoms with Gasteiger partial charge in [0.05, 0.1) is 0 Å². The van der Waals surface area contributed by atoms with E-state index >= 15 is 0 Å². The molecule has 2 rings (SSSR count). The zero-order valence-electron chi connectivity index (χ0n) is 13.5. The van der Waals surface area contributed by atoms with Crippen molar-refractivity contribution in [2.24, 2.45) is 0 Å². The molecule has 4 nitrogen and oxygen atoms in total. The third-order valence-corrected chi connectivity index (χ3v) is 3.39. The summed E-state index contributed by atoms with van der Waals surface area (Å²) in [6, 6.07) is 15.3. The lowest BCUT2D eigenvalue weighted by atomic mass is 10.1. The average molecular weight is 305 g/mol. The summed E-state index contributed by atoms with van der Waals surface area (Å²) in [4.78, 5) is 12.2. The third kappa shape index (κ3) is 4.45. The standard InChI is InChI=1S/C19H19N3O/c1-13-5-4-6-17(10-13)22-19(23)16(11-20)12-21-18-8-7-14(2)9-15(18)3/h4-10,12,21H,1-3H3,(H,22,23)/b16-12-. The van der Waals surface area contributed by atoms with Crippen molar-refractivity contribution in [1.82, 2.24) is 0 Å². The van der Waals surface area contributed by atoms with Crippen LogP contribution in [0.3, 0.4) is 0 Å². The smallest absolute Gasteiger partial charge is 0.267 e. The fourth-order valence-corrected chi connectivity index (χ4v) is 2.20. The number of amides is 1. The topological polar surface area (TPSA) is 64.9 Å². The van der Waals surface area contributed by atoms with Gasteiger partial charge in [-0.1, -0.05) is 29.8 Å². The van der Waals surface area contributed by atoms with E-state index in [1.165, 1.54) is 6.20 Å². The number of nitrogens with zero attached hydrogens (tertiary/aromatic N) is 1. The lowest BCUT2D eigenvalue weighted by Gasteiger charge is -2.08. The van der Waals surface area contributed by atoms with E-state index in [2.05, 4.69) is 10.6 Å². The molecule has 0 spiro atoms. The van der Waals surface area contributed by atoms with Crippen molar-refractivity contribution >= 4 is 17.3 Å². The second-order valence-corrected chi connectivity index (χ2v) is 5.46. The molecule has 0 heterocycles. The van der Waals surface area contributed by atoms with E-state index in [0.29, 0.717) is 5.69 Å². The van der Waals surface area contributed by atoms with Gasteiger partial charge in [-0.2, -0.15) is 5.26 Å². The zero-order valence-corrected chi connectivity index (χ0v) is 13.5. The van der Waals surface area contributed by atoms with Crippen molar-refractivity contribution < 1.29 is 4.79 Å². The lowest BCUT2D eigenvalue weighted by molar-refractivity contribution is -0.112. The maximum absolute atomic E-state index is 12.2. The number of benzene rings is 2. The predicted molar refractivity (Wildman–Crippen MR) is 93.0 cm³/mol. The Morgan fingerprint density at radius 1 is 1.09 bits per heavy atom. The van der Waals surface area contributed by atoms with Crippen LogP contribution in [0.1, 0.15) is 16.7 Å². The van der Waals surface area contributed by atoms with Gasteiger partial charge in [0, 0.05) is 17.6 Å². The van der Waals surface area contributed by atoms with Gasteiger partial charge in [0.2, 0.25) is 0 Å². The van der Waals surface area contributed by atoms with Gasteiger partial charge < -0.3 is 10.6 Å². The van der Waals surface area contributed by atoms with E-state index in [4.69, 9.17) is 0 Å². The Morgan fingerprint density at radius 3 is 2.48 bits per heavy atom. The molecule has 2 aromatic rings. The molecule has 2 aromatic carbocycles. The highest BCUT2D eigenvalue weighted by molar-refractivity contribution is 6.06.